The third-order valence-electron chi connectivity index (χ3n) is 5.19. The maximum atomic E-state index is 13.9. The van der Waals surface area contributed by atoms with E-state index in [-0.39, 0.29) is 21.5 Å². The van der Waals surface area contributed by atoms with E-state index in [0.717, 1.165) is 23.5 Å². The topological polar surface area (TPSA) is 132 Å². The fourth-order valence-electron chi connectivity index (χ4n) is 3.68. The van der Waals surface area contributed by atoms with Crippen LogP contribution in [0.3, 0.4) is 0 Å². The van der Waals surface area contributed by atoms with E-state index in [1.807, 2.05) is 0 Å². The summed E-state index contributed by atoms with van der Waals surface area (Å²) in [6, 6.07) is 5.12. The second-order valence-corrected chi connectivity index (χ2v) is 8.17. The molecule has 1 aliphatic heterocycles. The zero-order chi connectivity index (χ0) is 23.2. The number of alkyl halides is 3. The van der Waals surface area contributed by atoms with Crippen molar-refractivity contribution in [3.63, 3.8) is 0 Å². The van der Waals surface area contributed by atoms with Crippen LogP contribution < -0.4 is 10.9 Å². The summed E-state index contributed by atoms with van der Waals surface area (Å²) in [4.78, 5) is 12.6. The number of benzene rings is 1. The van der Waals surface area contributed by atoms with Gasteiger partial charge in [0.25, 0.3) is 0 Å². The van der Waals surface area contributed by atoms with Crippen molar-refractivity contribution in [3.05, 3.63) is 51.7 Å². The van der Waals surface area contributed by atoms with E-state index in [4.69, 9.17) is 14.3 Å². The molecule has 1 saturated heterocycles. The van der Waals surface area contributed by atoms with Gasteiger partial charge in [-0.05, 0) is 23.6 Å². The minimum Gasteiger partial charge on any atom is -0.422 e. The average Bonchev–Trinajstić information content (AvgIpc) is 3.26. The van der Waals surface area contributed by atoms with E-state index in [9.17, 15) is 33.3 Å². The lowest BCUT2D eigenvalue weighted by Crippen LogP contribution is -2.61. The minimum absolute atomic E-state index is 0.0963. The molecule has 4 unspecified atom stereocenters. The van der Waals surface area contributed by atoms with Crippen LogP contribution in [0.4, 0.5) is 18.9 Å². The van der Waals surface area contributed by atoms with Gasteiger partial charge in [-0.25, -0.2) is 4.79 Å². The lowest BCUT2D eigenvalue weighted by Gasteiger charge is -2.40. The lowest BCUT2D eigenvalue weighted by atomic mass is 9.96. The molecule has 0 aliphatic carbocycles. The first-order valence-corrected chi connectivity index (χ1v) is 10.3. The molecule has 4 rings (SSSR count). The van der Waals surface area contributed by atoms with E-state index in [1.54, 1.807) is 5.38 Å². The third kappa shape index (κ3) is 4.00. The number of ether oxygens (including phenoxy) is 1. The van der Waals surface area contributed by atoms with Crippen LogP contribution in [0, 0.1) is 0 Å². The van der Waals surface area contributed by atoms with Gasteiger partial charge in [-0.15, -0.1) is 11.3 Å². The summed E-state index contributed by atoms with van der Waals surface area (Å²) in [5.41, 5.74) is -3.13. The summed E-state index contributed by atoms with van der Waals surface area (Å²) in [5, 5.41) is 43.3. The molecule has 172 valence electrons. The van der Waals surface area contributed by atoms with Crippen molar-refractivity contribution >= 4 is 28.0 Å². The quantitative estimate of drug-likeness (QED) is 0.362. The van der Waals surface area contributed by atoms with Gasteiger partial charge in [0.15, 0.2) is 6.29 Å². The van der Waals surface area contributed by atoms with Gasteiger partial charge in [0.05, 0.1) is 17.7 Å². The highest BCUT2D eigenvalue weighted by molar-refractivity contribution is 7.13. The molecule has 3 heterocycles. The molecule has 0 bridgehead atoms. The first-order valence-electron chi connectivity index (χ1n) is 9.41. The molecule has 2 aromatic heterocycles. The number of rotatable bonds is 4. The summed E-state index contributed by atoms with van der Waals surface area (Å²) in [6.45, 7) is -0.643. The number of aliphatic hydroxyl groups is 4. The molecule has 1 aliphatic rings. The van der Waals surface area contributed by atoms with Gasteiger partial charge in [-0.3, -0.25) is 0 Å². The van der Waals surface area contributed by atoms with Crippen molar-refractivity contribution in [1.29, 1.82) is 0 Å². The molecule has 1 aromatic carbocycles. The highest BCUT2D eigenvalue weighted by Gasteiger charge is 2.44. The van der Waals surface area contributed by atoms with Crippen LogP contribution in [0.25, 0.3) is 21.4 Å². The molecular weight excluding hydrogens is 455 g/mol. The fourth-order valence-corrected chi connectivity index (χ4v) is 4.44. The van der Waals surface area contributed by atoms with E-state index >= 15 is 0 Å². The predicted molar refractivity (Wildman–Crippen MR) is 108 cm³/mol. The Labute approximate surface area is 182 Å². The molecule has 8 nitrogen and oxygen atoms in total. The van der Waals surface area contributed by atoms with Crippen molar-refractivity contribution in [2.75, 3.05) is 11.9 Å². The number of hydrogen-bond donors (Lipinski definition) is 5. The first kappa shape index (κ1) is 22.7. The monoisotopic (exact) mass is 473 g/mol. The van der Waals surface area contributed by atoms with Gasteiger partial charge in [-0.2, -0.15) is 13.2 Å². The normalized spacial score (nSPS) is 26.4. The van der Waals surface area contributed by atoms with Gasteiger partial charge < -0.3 is 34.9 Å². The Morgan fingerprint density at radius 1 is 1.12 bits per heavy atom. The predicted octanol–water partition coefficient (Wildman–Crippen LogP) is 1.75. The molecule has 3 aromatic rings. The lowest BCUT2D eigenvalue weighted by molar-refractivity contribution is -0.245. The summed E-state index contributed by atoms with van der Waals surface area (Å²) >= 11 is 0.975. The van der Waals surface area contributed by atoms with Crippen LogP contribution >= 0.6 is 11.3 Å². The summed E-state index contributed by atoms with van der Waals surface area (Å²) in [6.07, 6.45) is -10.8. The molecule has 0 amide bonds. The standard InChI is InChI=1S/C20H18F3NO7S/c21-20(22,23)14-9-4-3-8(24-15-17(27)16(26)11(7-25)31-19(15)29)6-10(9)30-18(28)13(14)12-2-1-5-32-12/h1-6,11,15-17,19,24-27,29H,7H2/t11?,15?,16-,17?,19?/m0/s1. The van der Waals surface area contributed by atoms with Crippen molar-refractivity contribution in [3.8, 4) is 10.4 Å². The molecule has 0 spiro atoms. The van der Waals surface area contributed by atoms with Crippen LogP contribution in [0.1, 0.15) is 5.56 Å². The van der Waals surface area contributed by atoms with Crippen molar-refractivity contribution in [1.82, 2.24) is 0 Å². The summed E-state index contributed by atoms with van der Waals surface area (Å²) in [7, 11) is 0. The minimum atomic E-state index is -4.84. The summed E-state index contributed by atoms with van der Waals surface area (Å²) in [5.74, 6) is 0. The van der Waals surface area contributed by atoms with Crippen LogP contribution in [-0.2, 0) is 10.9 Å². The summed E-state index contributed by atoms with van der Waals surface area (Å²) < 4.78 is 52.0. The second kappa shape index (κ2) is 8.46. The second-order valence-electron chi connectivity index (χ2n) is 7.22. The van der Waals surface area contributed by atoms with Crippen LogP contribution in [0.15, 0.2) is 44.9 Å². The number of halogens is 3. The molecule has 5 atom stereocenters. The highest BCUT2D eigenvalue weighted by Crippen LogP contribution is 2.41. The maximum absolute atomic E-state index is 13.9. The Hall–Kier alpha value is -2.48. The Kier molecular flexibility index (Phi) is 6.00. The molecule has 12 heteroatoms. The first-order chi connectivity index (χ1) is 15.1. The van der Waals surface area contributed by atoms with Crippen molar-refractivity contribution < 1.29 is 42.8 Å². The van der Waals surface area contributed by atoms with Crippen molar-refractivity contribution in [2.24, 2.45) is 0 Å². The number of hydrogen-bond acceptors (Lipinski definition) is 9. The highest BCUT2D eigenvalue weighted by atomic mass is 32.1. The molecule has 0 radical (unpaired) electrons. The van der Waals surface area contributed by atoms with E-state index < -0.39 is 60.2 Å². The van der Waals surface area contributed by atoms with Crippen LogP contribution in [-0.4, -0.2) is 57.7 Å². The average molecular weight is 473 g/mol. The Morgan fingerprint density at radius 2 is 1.88 bits per heavy atom. The fraction of sp³-hybridized carbons (Fsp3) is 0.350. The molecule has 0 saturated carbocycles. The molecule has 5 N–H and O–H groups in total. The van der Waals surface area contributed by atoms with Gasteiger partial charge in [0.1, 0.15) is 29.9 Å². The van der Waals surface area contributed by atoms with Crippen LogP contribution in [0.5, 0.6) is 0 Å². The molecule has 32 heavy (non-hydrogen) atoms. The van der Waals surface area contributed by atoms with E-state index in [0.29, 0.717) is 0 Å². The maximum Gasteiger partial charge on any atom is 0.418 e. The Balaban J connectivity index is 1.76. The molecule has 1 fully saturated rings. The zero-order valence-electron chi connectivity index (χ0n) is 16.1. The zero-order valence-corrected chi connectivity index (χ0v) is 16.9. The van der Waals surface area contributed by atoms with Gasteiger partial charge in [-0.1, -0.05) is 6.07 Å². The van der Waals surface area contributed by atoms with Gasteiger partial charge in [0, 0.05) is 22.0 Å². The molecular formula is C20H18F3NO7S. The number of fused-ring (bicyclic) bond motifs is 1. The Bertz CT molecular complexity index is 1160. The largest absolute Gasteiger partial charge is 0.422 e. The van der Waals surface area contributed by atoms with E-state index in [2.05, 4.69) is 5.32 Å². The van der Waals surface area contributed by atoms with Crippen LogP contribution in [0.2, 0.25) is 0 Å². The van der Waals surface area contributed by atoms with Gasteiger partial charge >= 0.3 is 11.8 Å². The third-order valence-corrected chi connectivity index (χ3v) is 6.08. The number of nitrogens with one attached hydrogen (secondary N) is 1. The van der Waals surface area contributed by atoms with Crippen molar-refractivity contribution in [2.45, 2.75) is 36.8 Å². The smallest absolute Gasteiger partial charge is 0.418 e. The van der Waals surface area contributed by atoms with E-state index in [1.165, 1.54) is 18.2 Å². The SMILES string of the molecule is O=c1oc2cc(NC3C(O)OC(CO)[C@H](O)C3O)ccc2c(C(F)(F)F)c1-c1cccs1. The number of anilines is 1. The van der Waals surface area contributed by atoms with Gasteiger partial charge in [0.2, 0.25) is 0 Å². The Morgan fingerprint density at radius 3 is 2.50 bits per heavy atom. The number of aliphatic hydroxyl groups excluding tert-OH is 4. The number of thiophene rings is 1.